The number of fused-ring (bicyclic) bond motifs is 1. The van der Waals surface area contributed by atoms with Gasteiger partial charge in [0.05, 0.1) is 51.9 Å². The minimum absolute atomic E-state index is 0.289. The van der Waals surface area contributed by atoms with E-state index in [1.807, 2.05) is 6.92 Å². The molecule has 5 heteroatoms. The van der Waals surface area contributed by atoms with E-state index in [0.717, 1.165) is 18.0 Å². The number of para-hydroxylation sites is 1. The first-order chi connectivity index (χ1) is 15.7. The zero-order chi connectivity index (χ0) is 22.3. The third-order valence-corrected chi connectivity index (χ3v) is 6.93. The average Bonchev–Trinajstić information content (AvgIpc) is 3.25. The van der Waals surface area contributed by atoms with Crippen LogP contribution in [0.15, 0.2) is 48.7 Å². The zero-order valence-electron chi connectivity index (χ0n) is 19.8. The maximum absolute atomic E-state index is 5.77. The van der Waals surface area contributed by atoms with Gasteiger partial charge in [-0.1, -0.05) is 31.2 Å². The third-order valence-electron chi connectivity index (χ3n) is 6.93. The number of methoxy groups -OCH3 is 1. The smallest absolute Gasteiger partial charge is 0.161 e. The van der Waals surface area contributed by atoms with Gasteiger partial charge in [-0.3, -0.25) is 0 Å². The molecule has 172 valence electrons. The summed E-state index contributed by atoms with van der Waals surface area (Å²) in [5, 5.41) is 3.90. The molecule has 0 unspecified atom stereocenters. The second-order valence-electron chi connectivity index (χ2n) is 8.99. The summed E-state index contributed by atoms with van der Waals surface area (Å²) in [5.41, 5.74) is 3.83. The average molecular weight is 438 g/mol. The molecule has 4 rings (SSSR count). The topological polar surface area (TPSA) is 55.3 Å². The number of rotatable bonds is 10. The molecule has 0 bridgehead atoms. The lowest BCUT2D eigenvalue weighted by atomic mass is 9.90. The van der Waals surface area contributed by atoms with E-state index in [2.05, 4.69) is 65.9 Å². The van der Waals surface area contributed by atoms with Crippen molar-refractivity contribution in [2.24, 2.45) is 0 Å². The Balaban J connectivity index is 1.58. The van der Waals surface area contributed by atoms with Gasteiger partial charge in [0.1, 0.15) is 0 Å². The second kappa shape index (κ2) is 10.9. The van der Waals surface area contributed by atoms with E-state index in [1.54, 1.807) is 12.0 Å². The summed E-state index contributed by atoms with van der Waals surface area (Å²) < 4.78 is 11.4. The molecule has 4 N–H and O–H groups in total. The molecule has 0 spiro atoms. The van der Waals surface area contributed by atoms with Crippen molar-refractivity contribution < 1.29 is 19.7 Å². The maximum atomic E-state index is 5.77. The van der Waals surface area contributed by atoms with Crippen molar-refractivity contribution in [3.05, 3.63) is 59.8 Å². The predicted molar refractivity (Wildman–Crippen MR) is 130 cm³/mol. The first-order valence-electron chi connectivity index (χ1n) is 12.3. The fourth-order valence-corrected chi connectivity index (χ4v) is 5.22. The number of piperidine rings is 1. The van der Waals surface area contributed by atoms with Crippen molar-refractivity contribution in [3.63, 3.8) is 0 Å². The third kappa shape index (κ3) is 5.11. The zero-order valence-corrected chi connectivity index (χ0v) is 19.8. The number of aromatic amines is 1. The van der Waals surface area contributed by atoms with Crippen LogP contribution in [0.2, 0.25) is 0 Å². The van der Waals surface area contributed by atoms with Crippen LogP contribution >= 0.6 is 0 Å². The van der Waals surface area contributed by atoms with Gasteiger partial charge < -0.3 is 24.7 Å². The number of hydrogen-bond donors (Lipinski definition) is 3. The quantitative estimate of drug-likeness (QED) is 0.457. The number of hydrogen-bond acceptors (Lipinski definition) is 2. The molecule has 32 heavy (non-hydrogen) atoms. The van der Waals surface area contributed by atoms with Crippen LogP contribution in [0.25, 0.3) is 10.9 Å². The Bertz CT molecular complexity index is 991. The number of H-pyrrole nitrogens is 1. The lowest BCUT2D eigenvalue weighted by Gasteiger charge is -2.29. The largest absolute Gasteiger partial charge is 0.493 e. The van der Waals surface area contributed by atoms with E-state index in [9.17, 15) is 0 Å². The lowest BCUT2D eigenvalue weighted by Crippen LogP contribution is -3.14. The summed E-state index contributed by atoms with van der Waals surface area (Å²) in [6, 6.07) is 15.8. The fourth-order valence-electron chi connectivity index (χ4n) is 5.22. The minimum atomic E-state index is 0.289. The van der Waals surface area contributed by atoms with Crippen molar-refractivity contribution in [3.8, 4) is 11.5 Å². The molecule has 1 atom stereocenters. The summed E-state index contributed by atoms with van der Waals surface area (Å²) in [5.74, 6) is 1.91. The molecule has 2 heterocycles. The molecular weight excluding hydrogens is 398 g/mol. The molecule has 2 aromatic carbocycles. The highest BCUT2D eigenvalue weighted by Gasteiger charge is 2.27. The number of aromatic nitrogens is 1. The number of nitrogens with one attached hydrogen (secondary N) is 2. The molecule has 0 amide bonds. The van der Waals surface area contributed by atoms with Gasteiger partial charge in [0.15, 0.2) is 11.5 Å². The highest BCUT2D eigenvalue weighted by molar-refractivity contribution is 5.84. The highest BCUT2D eigenvalue weighted by atomic mass is 16.5. The Morgan fingerprint density at radius 2 is 1.91 bits per heavy atom. The monoisotopic (exact) mass is 437 g/mol. The lowest BCUT2D eigenvalue weighted by molar-refractivity contribution is -0.913. The molecule has 0 aliphatic carbocycles. The van der Waals surface area contributed by atoms with Gasteiger partial charge in [-0.05, 0) is 42.7 Å². The van der Waals surface area contributed by atoms with Gasteiger partial charge >= 0.3 is 0 Å². The fraction of sp³-hybridized carbons (Fsp3) is 0.481. The van der Waals surface area contributed by atoms with E-state index in [1.165, 1.54) is 60.9 Å². The van der Waals surface area contributed by atoms with Gasteiger partial charge in [-0.2, -0.15) is 0 Å². The summed E-state index contributed by atoms with van der Waals surface area (Å²) in [6.07, 6.45) is 6.09. The second-order valence-corrected chi connectivity index (χ2v) is 8.99. The summed E-state index contributed by atoms with van der Waals surface area (Å²) in [4.78, 5) is 5.26. The van der Waals surface area contributed by atoms with Crippen LogP contribution < -0.4 is 19.7 Å². The molecular formula is C27H39N3O2+2. The van der Waals surface area contributed by atoms with E-state index in [0.29, 0.717) is 12.6 Å². The Hall–Kier alpha value is -2.50. The number of nitrogens with two attached hydrogens (primary N) is 1. The Kier molecular flexibility index (Phi) is 7.72. The maximum Gasteiger partial charge on any atom is 0.161 e. The van der Waals surface area contributed by atoms with Crippen LogP contribution in [0.3, 0.4) is 0 Å². The van der Waals surface area contributed by atoms with Crippen LogP contribution in [0.4, 0.5) is 0 Å². The summed E-state index contributed by atoms with van der Waals surface area (Å²) >= 11 is 0. The van der Waals surface area contributed by atoms with Gasteiger partial charge in [-0.25, -0.2) is 0 Å². The minimum Gasteiger partial charge on any atom is -0.493 e. The summed E-state index contributed by atoms with van der Waals surface area (Å²) in [7, 11) is 1.72. The predicted octanol–water partition coefficient (Wildman–Crippen LogP) is 2.73. The normalized spacial score (nSPS) is 19.7. The van der Waals surface area contributed by atoms with E-state index in [4.69, 9.17) is 9.47 Å². The van der Waals surface area contributed by atoms with Crippen LogP contribution in [-0.2, 0) is 0 Å². The van der Waals surface area contributed by atoms with Crippen LogP contribution in [0.1, 0.15) is 50.2 Å². The Morgan fingerprint density at radius 3 is 2.66 bits per heavy atom. The summed E-state index contributed by atoms with van der Waals surface area (Å²) in [6.45, 7) is 9.90. The molecule has 1 aliphatic heterocycles. The first-order valence-corrected chi connectivity index (χ1v) is 12.3. The number of likely N-dealkylation sites (tertiary alicyclic amines) is 1. The standard InChI is InChI=1S/C27H37N3O2/c1-4-14-30-15-12-21(13-16-30)28-18-23(24-19-29-25-9-7-6-8-22(24)25)20-10-11-26(32-5-2)27(17-20)31-3/h6-11,17,19,21,23,28-29H,4-5,12-16,18H2,1-3H3/p+2/t23-/m0/s1. The first kappa shape index (κ1) is 22.7. The van der Waals surface area contributed by atoms with Gasteiger partial charge in [-0.15, -0.1) is 0 Å². The molecule has 0 saturated carbocycles. The van der Waals surface area contributed by atoms with Gasteiger partial charge in [0.2, 0.25) is 0 Å². The van der Waals surface area contributed by atoms with Gasteiger partial charge in [0, 0.05) is 29.9 Å². The SMILES string of the molecule is CCC[NH+]1CCC([NH2+]C[C@@H](c2ccc(OCC)c(OC)c2)c2c[nH]c3ccccc23)CC1. The van der Waals surface area contributed by atoms with Gasteiger partial charge in [0.25, 0.3) is 0 Å². The van der Waals surface area contributed by atoms with Crippen LogP contribution in [0.5, 0.6) is 11.5 Å². The molecule has 1 saturated heterocycles. The van der Waals surface area contributed by atoms with Crippen molar-refractivity contribution in [2.75, 3.05) is 39.9 Å². The van der Waals surface area contributed by atoms with E-state index >= 15 is 0 Å². The van der Waals surface area contributed by atoms with Crippen LogP contribution in [0, 0.1) is 0 Å². The van der Waals surface area contributed by atoms with Crippen molar-refractivity contribution >= 4 is 10.9 Å². The number of quaternary nitrogens is 2. The Morgan fingerprint density at radius 1 is 1.09 bits per heavy atom. The van der Waals surface area contributed by atoms with Crippen molar-refractivity contribution in [1.82, 2.24) is 4.98 Å². The van der Waals surface area contributed by atoms with Crippen molar-refractivity contribution in [2.45, 2.75) is 45.1 Å². The molecule has 0 radical (unpaired) electrons. The molecule has 3 aromatic rings. The van der Waals surface area contributed by atoms with E-state index < -0.39 is 0 Å². The Labute approximate surface area is 192 Å². The van der Waals surface area contributed by atoms with Crippen LogP contribution in [-0.4, -0.2) is 50.9 Å². The van der Waals surface area contributed by atoms with E-state index in [-0.39, 0.29) is 5.92 Å². The molecule has 1 aliphatic rings. The number of ether oxygens (including phenoxy) is 2. The molecule has 1 aromatic heterocycles. The highest BCUT2D eigenvalue weighted by Crippen LogP contribution is 2.35. The molecule has 1 fully saturated rings. The van der Waals surface area contributed by atoms with Crippen molar-refractivity contribution in [1.29, 1.82) is 0 Å². The number of benzene rings is 2. The molecule has 5 nitrogen and oxygen atoms in total.